The van der Waals surface area contributed by atoms with Crippen LogP contribution in [0.25, 0.3) is 11.1 Å². The summed E-state index contributed by atoms with van der Waals surface area (Å²) in [6, 6.07) is 18.5. The van der Waals surface area contributed by atoms with Crippen LogP contribution in [0.5, 0.6) is 0 Å². The van der Waals surface area contributed by atoms with E-state index >= 15 is 0 Å². The number of amides is 1. The van der Waals surface area contributed by atoms with Crippen molar-refractivity contribution >= 4 is 29.0 Å². The van der Waals surface area contributed by atoms with Crippen molar-refractivity contribution in [3.05, 3.63) is 65.7 Å². The highest BCUT2D eigenvalue weighted by Gasteiger charge is 2.11. The van der Waals surface area contributed by atoms with Gasteiger partial charge in [0.2, 0.25) is 5.91 Å². The first-order valence-electron chi connectivity index (χ1n) is 7.56. The second kappa shape index (κ2) is 8.08. The fourth-order valence-corrected chi connectivity index (χ4v) is 3.61. The first-order valence-corrected chi connectivity index (χ1v) is 9.42. The van der Waals surface area contributed by atoms with E-state index in [2.05, 4.69) is 51.9 Å². The van der Waals surface area contributed by atoms with Gasteiger partial charge in [-0.1, -0.05) is 77.7 Å². The van der Waals surface area contributed by atoms with E-state index in [4.69, 9.17) is 0 Å². The van der Waals surface area contributed by atoms with Crippen LogP contribution in [0.1, 0.15) is 18.5 Å². The van der Waals surface area contributed by atoms with Crippen LogP contribution in [0.4, 0.5) is 0 Å². The zero-order valence-corrected chi connectivity index (χ0v) is 14.8. The van der Waals surface area contributed by atoms with Gasteiger partial charge in [-0.3, -0.25) is 4.79 Å². The molecule has 0 aliphatic heterocycles. The Bertz CT molecular complexity index is 774. The number of thioether (sulfide) groups is 1. The summed E-state index contributed by atoms with van der Waals surface area (Å²) >= 11 is 2.85. The highest BCUT2D eigenvalue weighted by molar-refractivity contribution is 8.01. The lowest BCUT2D eigenvalue weighted by Crippen LogP contribution is -2.28. The van der Waals surface area contributed by atoms with Crippen molar-refractivity contribution in [1.82, 2.24) is 15.5 Å². The quantitative estimate of drug-likeness (QED) is 0.674. The SMILES string of the molecule is CC(NC(=O)CSc1nncs1)c1ccc(-c2ccccc2)cc1. The van der Waals surface area contributed by atoms with Gasteiger partial charge in [0.25, 0.3) is 0 Å². The van der Waals surface area contributed by atoms with E-state index in [1.54, 1.807) is 5.51 Å². The molecule has 1 heterocycles. The van der Waals surface area contributed by atoms with Crippen molar-refractivity contribution in [1.29, 1.82) is 0 Å². The Hall–Kier alpha value is -2.18. The van der Waals surface area contributed by atoms with Crippen LogP contribution in [0, 0.1) is 0 Å². The number of nitrogens with zero attached hydrogens (tertiary/aromatic N) is 2. The minimum Gasteiger partial charge on any atom is -0.349 e. The number of carbonyl (C=O) groups is 1. The third kappa shape index (κ3) is 4.43. The van der Waals surface area contributed by atoms with Crippen molar-refractivity contribution in [3.8, 4) is 11.1 Å². The highest BCUT2D eigenvalue weighted by atomic mass is 32.2. The normalized spacial score (nSPS) is 11.9. The summed E-state index contributed by atoms with van der Waals surface area (Å²) in [5.41, 5.74) is 5.11. The van der Waals surface area contributed by atoms with Crippen LogP contribution in [0.3, 0.4) is 0 Å². The van der Waals surface area contributed by atoms with E-state index in [-0.39, 0.29) is 11.9 Å². The fraction of sp³-hybridized carbons (Fsp3) is 0.167. The lowest BCUT2D eigenvalue weighted by atomic mass is 10.0. The second-order valence-corrected chi connectivity index (χ2v) is 7.33. The summed E-state index contributed by atoms with van der Waals surface area (Å²) in [4.78, 5) is 12.0. The standard InChI is InChI=1S/C18H17N3OS2/c1-13(20-17(22)11-23-18-21-19-12-24-18)14-7-9-16(10-8-14)15-5-3-2-4-6-15/h2-10,12-13H,11H2,1H3,(H,20,22). The monoisotopic (exact) mass is 355 g/mol. The van der Waals surface area contributed by atoms with Crippen LogP contribution in [0.15, 0.2) is 64.4 Å². The molecule has 0 spiro atoms. The number of nitrogens with one attached hydrogen (secondary N) is 1. The summed E-state index contributed by atoms with van der Waals surface area (Å²) < 4.78 is 0.810. The molecular formula is C18H17N3OS2. The zero-order valence-electron chi connectivity index (χ0n) is 13.2. The molecule has 6 heteroatoms. The van der Waals surface area contributed by atoms with E-state index in [9.17, 15) is 4.79 Å². The Morgan fingerprint density at radius 1 is 1.12 bits per heavy atom. The first kappa shape index (κ1) is 16.7. The van der Waals surface area contributed by atoms with E-state index < -0.39 is 0 Å². The molecule has 1 amide bonds. The average molecular weight is 355 g/mol. The molecule has 0 saturated carbocycles. The lowest BCUT2D eigenvalue weighted by Gasteiger charge is -2.14. The minimum absolute atomic E-state index is 0.00478. The van der Waals surface area contributed by atoms with Crippen LogP contribution in [0.2, 0.25) is 0 Å². The van der Waals surface area contributed by atoms with Gasteiger partial charge in [0.05, 0.1) is 11.8 Å². The molecule has 0 radical (unpaired) electrons. The lowest BCUT2D eigenvalue weighted by molar-refractivity contribution is -0.119. The fourth-order valence-electron chi connectivity index (χ4n) is 2.31. The van der Waals surface area contributed by atoms with Gasteiger partial charge >= 0.3 is 0 Å². The number of hydrogen-bond donors (Lipinski definition) is 1. The number of hydrogen-bond acceptors (Lipinski definition) is 5. The van der Waals surface area contributed by atoms with E-state index in [1.165, 1.54) is 34.2 Å². The van der Waals surface area contributed by atoms with Crippen LogP contribution in [-0.2, 0) is 4.79 Å². The van der Waals surface area contributed by atoms with Crippen molar-refractivity contribution in [2.75, 3.05) is 5.75 Å². The van der Waals surface area contributed by atoms with E-state index in [1.807, 2.05) is 25.1 Å². The van der Waals surface area contributed by atoms with E-state index in [0.29, 0.717) is 5.75 Å². The highest BCUT2D eigenvalue weighted by Crippen LogP contribution is 2.22. The molecular weight excluding hydrogens is 338 g/mol. The van der Waals surface area contributed by atoms with Gasteiger partial charge in [-0.15, -0.1) is 10.2 Å². The molecule has 1 aromatic heterocycles. The zero-order chi connectivity index (χ0) is 16.8. The summed E-state index contributed by atoms with van der Waals surface area (Å²) in [7, 11) is 0. The molecule has 3 aromatic rings. The summed E-state index contributed by atoms with van der Waals surface area (Å²) in [5.74, 6) is 0.344. The molecule has 0 fully saturated rings. The van der Waals surface area contributed by atoms with Crippen molar-refractivity contribution in [2.24, 2.45) is 0 Å². The summed E-state index contributed by atoms with van der Waals surface area (Å²) in [6.45, 7) is 1.99. The van der Waals surface area contributed by atoms with E-state index in [0.717, 1.165) is 9.90 Å². The molecule has 1 N–H and O–H groups in total. The molecule has 24 heavy (non-hydrogen) atoms. The third-order valence-electron chi connectivity index (χ3n) is 3.56. The molecule has 3 rings (SSSR count). The molecule has 0 aliphatic rings. The number of benzene rings is 2. The molecule has 0 bridgehead atoms. The Labute approximate surface area is 149 Å². The van der Waals surface area contributed by atoms with Gasteiger partial charge in [0.1, 0.15) is 5.51 Å². The van der Waals surface area contributed by atoms with Crippen LogP contribution in [-0.4, -0.2) is 21.9 Å². The first-order chi connectivity index (χ1) is 11.7. The summed E-state index contributed by atoms with van der Waals surface area (Å²) in [5, 5.41) is 10.7. The molecule has 0 saturated heterocycles. The maximum Gasteiger partial charge on any atom is 0.230 e. The van der Waals surface area contributed by atoms with Gasteiger partial charge in [-0.2, -0.15) is 0 Å². The predicted molar refractivity (Wildman–Crippen MR) is 99.1 cm³/mol. The maximum absolute atomic E-state index is 12.0. The van der Waals surface area contributed by atoms with Gasteiger partial charge in [-0.25, -0.2) is 0 Å². The predicted octanol–water partition coefficient (Wildman–Crippen LogP) is 4.17. The molecule has 1 atom stereocenters. The Morgan fingerprint density at radius 3 is 2.50 bits per heavy atom. The number of rotatable bonds is 6. The van der Waals surface area contributed by atoms with Crippen molar-refractivity contribution < 1.29 is 4.79 Å². The average Bonchev–Trinajstić information content (AvgIpc) is 3.14. The molecule has 122 valence electrons. The third-order valence-corrected chi connectivity index (χ3v) is 5.42. The number of carbonyl (C=O) groups excluding carboxylic acids is 1. The Balaban J connectivity index is 1.56. The van der Waals surface area contributed by atoms with Gasteiger partial charge < -0.3 is 5.32 Å². The molecule has 4 nitrogen and oxygen atoms in total. The number of aromatic nitrogens is 2. The maximum atomic E-state index is 12.0. The second-order valence-electron chi connectivity index (χ2n) is 5.27. The minimum atomic E-state index is -0.0302. The topological polar surface area (TPSA) is 54.9 Å². The largest absolute Gasteiger partial charge is 0.349 e. The smallest absolute Gasteiger partial charge is 0.230 e. The Morgan fingerprint density at radius 2 is 1.83 bits per heavy atom. The van der Waals surface area contributed by atoms with Gasteiger partial charge in [-0.05, 0) is 23.6 Å². The molecule has 0 aliphatic carbocycles. The van der Waals surface area contributed by atoms with Crippen molar-refractivity contribution in [3.63, 3.8) is 0 Å². The van der Waals surface area contributed by atoms with Crippen LogP contribution < -0.4 is 5.32 Å². The molecule has 2 aromatic carbocycles. The Kier molecular flexibility index (Phi) is 5.61. The molecule has 1 unspecified atom stereocenters. The van der Waals surface area contributed by atoms with Gasteiger partial charge in [0, 0.05) is 0 Å². The van der Waals surface area contributed by atoms with Crippen molar-refractivity contribution in [2.45, 2.75) is 17.3 Å². The van der Waals surface area contributed by atoms with Crippen LogP contribution >= 0.6 is 23.1 Å². The summed E-state index contributed by atoms with van der Waals surface area (Å²) in [6.07, 6.45) is 0. The van der Waals surface area contributed by atoms with Gasteiger partial charge in [0.15, 0.2) is 4.34 Å².